The molecule has 0 amide bonds. The fourth-order valence-electron chi connectivity index (χ4n) is 4.38. The summed E-state index contributed by atoms with van der Waals surface area (Å²) in [7, 11) is 0. The summed E-state index contributed by atoms with van der Waals surface area (Å²) in [6.07, 6.45) is 7.95. The van der Waals surface area contributed by atoms with E-state index in [1.54, 1.807) is 6.20 Å². The molecule has 7 nitrogen and oxygen atoms in total. The molecule has 0 saturated heterocycles. The number of H-pyrrole nitrogens is 1. The molecule has 0 unspecified atom stereocenters. The highest BCUT2D eigenvalue weighted by molar-refractivity contribution is 6.29. The van der Waals surface area contributed by atoms with Gasteiger partial charge >= 0.3 is 0 Å². The standard InChI is InChI=1S/C23H21ClF3N7/c1-11-20(27)23(32-14-4-2-3-13(7-14)31-19-10-28-9-18(24)33-19)34-22(30-11)16-8-29-21-15(16)5-12(25)6-17(21)26/h5-6,8-10,13-14,29H,2-4,7H2,1H3,(H,31,33)(H,30,32,34)/t13-,14+/m1/s1. The Morgan fingerprint density at radius 3 is 2.62 bits per heavy atom. The normalized spacial score (nSPS) is 18.3. The van der Waals surface area contributed by atoms with Gasteiger partial charge in [-0.15, -0.1) is 0 Å². The first-order valence-electron chi connectivity index (χ1n) is 10.9. The number of nitrogens with zero attached hydrogens (tertiary/aromatic N) is 4. The third-order valence-corrected chi connectivity index (χ3v) is 6.12. The van der Waals surface area contributed by atoms with Crippen LogP contribution in [0.4, 0.5) is 24.8 Å². The van der Waals surface area contributed by atoms with Gasteiger partial charge in [-0.2, -0.15) is 0 Å². The lowest BCUT2D eigenvalue weighted by Gasteiger charge is -2.31. The van der Waals surface area contributed by atoms with E-state index in [0.717, 1.165) is 25.3 Å². The number of nitrogens with one attached hydrogen (secondary N) is 3. The summed E-state index contributed by atoms with van der Waals surface area (Å²) < 4.78 is 42.9. The lowest BCUT2D eigenvalue weighted by Crippen LogP contribution is -2.35. The van der Waals surface area contributed by atoms with Crippen LogP contribution < -0.4 is 10.6 Å². The fraction of sp³-hybridized carbons (Fsp3) is 0.304. The average molecular weight is 488 g/mol. The molecule has 34 heavy (non-hydrogen) atoms. The Labute approximate surface area is 198 Å². The molecule has 0 bridgehead atoms. The summed E-state index contributed by atoms with van der Waals surface area (Å²) in [4.78, 5) is 19.6. The van der Waals surface area contributed by atoms with Gasteiger partial charge in [-0.25, -0.2) is 28.1 Å². The van der Waals surface area contributed by atoms with Crippen molar-refractivity contribution in [3.05, 3.63) is 59.0 Å². The second-order valence-corrected chi connectivity index (χ2v) is 8.77. The van der Waals surface area contributed by atoms with E-state index in [1.807, 2.05) is 0 Å². The van der Waals surface area contributed by atoms with Gasteiger partial charge in [0.25, 0.3) is 0 Å². The first-order chi connectivity index (χ1) is 16.4. The van der Waals surface area contributed by atoms with Crippen LogP contribution in [0.5, 0.6) is 0 Å². The predicted octanol–water partition coefficient (Wildman–Crippen LogP) is 5.63. The first kappa shape index (κ1) is 22.4. The largest absolute Gasteiger partial charge is 0.366 e. The van der Waals surface area contributed by atoms with E-state index >= 15 is 0 Å². The van der Waals surface area contributed by atoms with Crippen LogP contribution in [-0.2, 0) is 0 Å². The molecule has 0 spiro atoms. The summed E-state index contributed by atoms with van der Waals surface area (Å²) in [6, 6.07) is 2.06. The Hall–Kier alpha value is -3.40. The number of aromatic amines is 1. The lowest BCUT2D eigenvalue weighted by atomic mass is 9.91. The Morgan fingerprint density at radius 2 is 1.82 bits per heavy atom. The highest BCUT2D eigenvalue weighted by atomic mass is 35.5. The van der Waals surface area contributed by atoms with Crippen LogP contribution in [0, 0.1) is 24.4 Å². The Morgan fingerprint density at radius 1 is 1.03 bits per heavy atom. The summed E-state index contributed by atoms with van der Waals surface area (Å²) in [5, 5.41) is 7.13. The molecule has 3 N–H and O–H groups in total. The van der Waals surface area contributed by atoms with Crippen LogP contribution in [0.15, 0.2) is 30.7 Å². The molecule has 1 aliphatic carbocycles. The van der Waals surface area contributed by atoms with E-state index in [1.165, 1.54) is 25.4 Å². The van der Waals surface area contributed by atoms with Gasteiger partial charge < -0.3 is 15.6 Å². The van der Waals surface area contributed by atoms with Crippen molar-refractivity contribution in [1.29, 1.82) is 0 Å². The van der Waals surface area contributed by atoms with Gasteiger partial charge in [-0.05, 0) is 38.7 Å². The van der Waals surface area contributed by atoms with Crippen LogP contribution in [0.3, 0.4) is 0 Å². The molecular weight excluding hydrogens is 467 g/mol. The quantitative estimate of drug-likeness (QED) is 0.338. The lowest BCUT2D eigenvalue weighted by molar-refractivity contribution is 0.424. The van der Waals surface area contributed by atoms with Crippen molar-refractivity contribution in [3.8, 4) is 11.4 Å². The van der Waals surface area contributed by atoms with E-state index in [4.69, 9.17) is 11.6 Å². The number of fused-ring (bicyclic) bond motifs is 1. The Kier molecular flexibility index (Phi) is 5.99. The molecule has 5 rings (SSSR count). The molecule has 3 aromatic heterocycles. The van der Waals surface area contributed by atoms with E-state index in [0.29, 0.717) is 28.3 Å². The first-order valence-corrected chi connectivity index (χ1v) is 11.3. The van der Waals surface area contributed by atoms with Crippen LogP contribution >= 0.6 is 11.6 Å². The summed E-state index contributed by atoms with van der Waals surface area (Å²) in [6.45, 7) is 1.53. The third kappa shape index (κ3) is 4.50. The highest BCUT2D eigenvalue weighted by Crippen LogP contribution is 2.31. The fourth-order valence-corrected chi connectivity index (χ4v) is 4.53. The van der Waals surface area contributed by atoms with Crippen molar-refractivity contribution in [3.63, 3.8) is 0 Å². The zero-order valence-electron chi connectivity index (χ0n) is 18.2. The second-order valence-electron chi connectivity index (χ2n) is 8.38. The molecule has 0 aliphatic heterocycles. The minimum atomic E-state index is -0.719. The minimum Gasteiger partial charge on any atom is -0.366 e. The zero-order valence-corrected chi connectivity index (χ0v) is 18.9. The monoisotopic (exact) mass is 487 g/mol. The number of rotatable bonds is 5. The molecule has 1 saturated carbocycles. The highest BCUT2D eigenvalue weighted by Gasteiger charge is 2.25. The number of aryl methyl sites for hydroxylation is 1. The number of hydrogen-bond acceptors (Lipinski definition) is 6. The summed E-state index contributed by atoms with van der Waals surface area (Å²) >= 11 is 5.92. The third-order valence-electron chi connectivity index (χ3n) is 5.94. The molecule has 1 fully saturated rings. The number of benzene rings is 1. The average Bonchev–Trinajstić information content (AvgIpc) is 3.21. The smallest absolute Gasteiger partial charge is 0.186 e. The molecule has 11 heteroatoms. The molecule has 1 aliphatic rings. The van der Waals surface area contributed by atoms with Crippen molar-refractivity contribution < 1.29 is 13.2 Å². The maximum absolute atomic E-state index is 14.9. The van der Waals surface area contributed by atoms with E-state index < -0.39 is 17.5 Å². The van der Waals surface area contributed by atoms with Gasteiger partial charge in [-0.3, -0.25) is 4.98 Å². The van der Waals surface area contributed by atoms with Gasteiger partial charge in [0.05, 0.1) is 23.6 Å². The zero-order chi connectivity index (χ0) is 23.8. The van der Waals surface area contributed by atoms with E-state index in [-0.39, 0.29) is 34.9 Å². The van der Waals surface area contributed by atoms with Gasteiger partial charge in [-0.1, -0.05) is 11.6 Å². The van der Waals surface area contributed by atoms with Crippen molar-refractivity contribution in [2.45, 2.75) is 44.7 Å². The number of hydrogen-bond donors (Lipinski definition) is 3. The Balaban J connectivity index is 1.39. The molecule has 2 atom stereocenters. The van der Waals surface area contributed by atoms with Crippen LogP contribution in [0.1, 0.15) is 31.4 Å². The number of anilines is 2. The minimum absolute atomic E-state index is 0.0482. The van der Waals surface area contributed by atoms with Crippen molar-refractivity contribution in [2.24, 2.45) is 0 Å². The number of aromatic nitrogens is 5. The van der Waals surface area contributed by atoms with E-state index in [9.17, 15) is 13.2 Å². The van der Waals surface area contributed by atoms with Crippen LogP contribution in [-0.4, -0.2) is 37.0 Å². The van der Waals surface area contributed by atoms with Crippen LogP contribution in [0.2, 0.25) is 5.15 Å². The predicted molar refractivity (Wildman–Crippen MR) is 124 cm³/mol. The van der Waals surface area contributed by atoms with Gasteiger partial charge in [0, 0.05) is 35.3 Å². The Bertz CT molecular complexity index is 1360. The maximum atomic E-state index is 14.9. The van der Waals surface area contributed by atoms with Crippen molar-refractivity contribution >= 4 is 34.1 Å². The van der Waals surface area contributed by atoms with Gasteiger partial charge in [0.1, 0.15) is 22.6 Å². The van der Waals surface area contributed by atoms with Gasteiger partial charge in [0.2, 0.25) is 0 Å². The van der Waals surface area contributed by atoms with E-state index in [2.05, 4.69) is 35.6 Å². The molecule has 3 heterocycles. The topological polar surface area (TPSA) is 91.4 Å². The van der Waals surface area contributed by atoms with Gasteiger partial charge in [0.15, 0.2) is 17.5 Å². The molecule has 0 radical (unpaired) electrons. The van der Waals surface area contributed by atoms with Crippen molar-refractivity contribution in [2.75, 3.05) is 10.6 Å². The summed E-state index contributed by atoms with van der Waals surface area (Å²) in [5.74, 6) is -1.17. The molecule has 176 valence electrons. The van der Waals surface area contributed by atoms with Crippen LogP contribution in [0.25, 0.3) is 22.3 Å². The summed E-state index contributed by atoms with van der Waals surface area (Å²) in [5.41, 5.74) is 0.669. The maximum Gasteiger partial charge on any atom is 0.186 e. The van der Waals surface area contributed by atoms with Crippen molar-refractivity contribution in [1.82, 2.24) is 24.9 Å². The second kappa shape index (κ2) is 9.09. The molecular formula is C23H21ClF3N7. The molecule has 4 aromatic rings. The molecule has 1 aromatic carbocycles. The SMILES string of the molecule is Cc1nc(-c2c[nH]c3c(F)cc(F)cc23)nc(N[C@H]2CCC[C@@H](Nc3cncc(Cl)n3)C2)c1F. The number of halogens is 4.